The Hall–Kier alpha value is -6.59. The number of benzene rings is 7. The molecule has 0 radical (unpaired) electrons. The van der Waals surface area contributed by atoms with Crippen LogP contribution in [0.4, 0.5) is 0 Å². The van der Waals surface area contributed by atoms with Gasteiger partial charge in [-0.25, -0.2) is 15.0 Å². The van der Waals surface area contributed by atoms with Crippen LogP contribution < -0.4 is 0 Å². The number of hydrogen-bond acceptors (Lipinski definition) is 5. The van der Waals surface area contributed by atoms with Gasteiger partial charge in [0.15, 0.2) is 17.5 Å². The van der Waals surface area contributed by atoms with Gasteiger partial charge in [-0.2, -0.15) is 0 Å². The lowest BCUT2D eigenvalue weighted by atomic mass is 9.97. The lowest BCUT2D eigenvalue weighted by Gasteiger charge is -2.09. The van der Waals surface area contributed by atoms with Crippen molar-refractivity contribution in [2.75, 3.05) is 0 Å². The van der Waals surface area contributed by atoms with Crippen LogP contribution in [0, 0.1) is 0 Å². The summed E-state index contributed by atoms with van der Waals surface area (Å²) in [6.45, 7) is 0. The molecule has 0 atom stereocenters. The Morgan fingerprint density at radius 2 is 0.958 bits per heavy atom. The summed E-state index contributed by atoms with van der Waals surface area (Å²) in [5.41, 5.74) is 8.20. The molecule has 0 spiro atoms. The maximum atomic E-state index is 6.68. The highest BCUT2D eigenvalue weighted by Gasteiger charge is 2.20. The van der Waals surface area contributed by atoms with Crippen LogP contribution in [0.5, 0.6) is 0 Å². The van der Waals surface area contributed by atoms with Crippen molar-refractivity contribution < 1.29 is 8.83 Å². The largest absolute Gasteiger partial charge is 0.455 e. The van der Waals surface area contributed by atoms with Crippen molar-refractivity contribution >= 4 is 54.6 Å². The van der Waals surface area contributed by atoms with Crippen LogP contribution in [0.15, 0.2) is 160 Å². The molecule has 224 valence electrons. The smallest absolute Gasteiger partial charge is 0.164 e. The Morgan fingerprint density at radius 3 is 1.75 bits per heavy atom. The van der Waals surface area contributed by atoms with E-state index in [1.807, 2.05) is 84.9 Å². The zero-order valence-corrected chi connectivity index (χ0v) is 25.6. The second-order valence-corrected chi connectivity index (χ2v) is 12.0. The number of furan rings is 2. The van der Waals surface area contributed by atoms with Crippen molar-refractivity contribution in [3.8, 4) is 45.3 Å². The maximum Gasteiger partial charge on any atom is 0.164 e. The number of hydrogen-bond donors (Lipinski definition) is 0. The van der Waals surface area contributed by atoms with Crippen molar-refractivity contribution in [1.29, 1.82) is 0 Å². The molecule has 0 N–H and O–H groups in total. The summed E-state index contributed by atoms with van der Waals surface area (Å²) in [6.07, 6.45) is 0. The van der Waals surface area contributed by atoms with Crippen LogP contribution in [-0.2, 0) is 0 Å². The highest BCUT2D eigenvalue weighted by molar-refractivity contribution is 6.17. The van der Waals surface area contributed by atoms with Gasteiger partial charge in [0.2, 0.25) is 0 Å². The van der Waals surface area contributed by atoms with E-state index >= 15 is 0 Å². The lowest BCUT2D eigenvalue weighted by Crippen LogP contribution is -2.00. The number of nitrogens with zero attached hydrogens (tertiary/aromatic N) is 3. The molecule has 10 aromatic rings. The molecule has 0 aliphatic carbocycles. The van der Waals surface area contributed by atoms with E-state index in [1.54, 1.807) is 0 Å². The average molecular weight is 616 g/mol. The first-order valence-corrected chi connectivity index (χ1v) is 15.9. The van der Waals surface area contributed by atoms with Crippen LogP contribution in [0.1, 0.15) is 0 Å². The zero-order valence-electron chi connectivity index (χ0n) is 25.6. The lowest BCUT2D eigenvalue weighted by molar-refractivity contribution is 0.670. The van der Waals surface area contributed by atoms with Crippen LogP contribution in [0.25, 0.3) is 99.9 Å². The molecule has 0 saturated heterocycles. The van der Waals surface area contributed by atoms with Crippen LogP contribution >= 0.6 is 0 Å². The summed E-state index contributed by atoms with van der Waals surface area (Å²) in [6, 6.07) is 51.5. The standard InChI is InChI=1S/C43H25N3O2/c1-3-11-27(12-4-1)41-44-42(28-13-5-2-6-14-28)46-43(45-41)34-18-10-20-37-38(34)33-17-9-16-30(39(33)48-37)29-22-21-26-23-24-32-31-15-7-8-19-36(31)47-40(32)35(26)25-29/h1-25H. The fourth-order valence-corrected chi connectivity index (χ4v) is 6.86. The topological polar surface area (TPSA) is 65.0 Å². The second-order valence-electron chi connectivity index (χ2n) is 12.0. The molecule has 5 nitrogen and oxygen atoms in total. The molecule has 5 heteroatoms. The Bertz CT molecular complexity index is 2780. The van der Waals surface area contributed by atoms with Gasteiger partial charge in [0.25, 0.3) is 0 Å². The molecule has 0 fully saturated rings. The summed E-state index contributed by atoms with van der Waals surface area (Å²) < 4.78 is 13.1. The normalized spacial score (nSPS) is 11.8. The van der Waals surface area contributed by atoms with Crippen molar-refractivity contribution in [2.45, 2.75) is 0 Å². The molecule has 0 aliphatic heterocycles. The van der Waals surface area contributed by atoms with Gasteiger partial charge in [0.1, 0.15) is 22.3 Å². The summed E-state index contributed by atoms with van der Waals surface area (Å²) in [7, 11) is 0. The molecule has 0 amide bonds. The first-order chi connectivity index (χ1) is 23.8. The summed E-state index contributed by atoms with van der Waals surface area (Å²) in [5.74, 6) is 1.84. The van der Waals surface area contributed by atoms with Gasteiger partial charge < -0.3 is 8.83 Å². The van der Waals surface area contributed by atoms with Crippen molar-refractivity contribution in [3.63, 3.8) is 0 Å². The van der Waals surface area contributed by atoms with Gasteiger partial charge >= 0.3 is 0 Å². The van der Waals surface area contributed by atoms with Crippen molar-refractivity contribution in [3.05, 3.63) is 152 Å². The number of rotatable bonds is 4. The van der Waals surface area contributed by atoms with E-state index in [2.05, 4.69) is 66.7 Å². The van der Waals surface area contributed by atoms with Gasteiger partial charge in [-0.1, -0.05) is 127 Å². The van der Waals surface area contributed by atoms with E-state index in [1.165, 1.54) is 0 Å². The fraction of sp³-hybridized carbons (Fsp3) is 0. The fourth-order valence-electron chi connectivity index (χ4n) is 6.86. The molecule has 0 saturated carbocycles. The average Bonchev–Trinajstić information content (AvgIpc) is 3.74. The third-order valence-corrected chi connectivity index (χ3v) is 9.14. The van der Waals surface area contributed by atoms with Gasteiger partial charge in [-0.05, 0) is 35.2 Å². The Kier molecular flexibility index (Phi) is 5.81. The molecule has 7 aromatic carbocycles. The predicted octanol–water partition coefficient (Wildman–Crippen LogP) is 11.5. The minimum absolute atomic E-state index is 0.597. The molecule has 48 heavy (non-hydrogen) atoms. The Morgan fingerprint density at radius 1 is 0.354 bits per heavy atom. The van der Waals surface area contributed by atoms with Gasteiger partial charge in [0.05, 0.1) is 0 Å². The molecule has 0 unspecified atom stereocenters. The minimum Gasteiger partial charge on any atom is -0.455 e. The van der Waals surface area contributed by atoms with Crippen LogP contribution in [0.3, 0.4) is 0 Å². The van der Waals surface area contributed by atoms with Gasteiger partial charge in [-0.3, -0.25) is 0 Å². The van der Waals surface area contributed by atoms with E-state index in [0.717, 1.165) is 82.5 Å². The predicted molar refractivity (Wildman–Crippen MR) is 194 cm³/mol. The summed E-state index contributed by atoms with van der Waals surface area (Å²) in [4.78, 5) is 14.9. The highest BCUT2D eigenvalue weighted by atomic mass is 16.3. The number of fused-ring (bicyclic) bond motifs is 8. The third kappa shape index (κ3) is 4.15. The van der Waals surface area contributed by atoms with E-state index in [-0.39, 0.29) is 0 Å². The van der Waals surface area contributed by atoms with E-state index in [0.29, 0.717) is 17.5 Å². The molecule has 0 bridgehead atoms. The molecular weight excluding hydrogens is 590 g/mol. The van der Waals surface area contributed by atoms with Crippen LogP contribution in [0.2, 0.25) is 0 Å². The maximum absolute atomic E-state index is 6.68. The van der Waals surface area contributed by atoms with Crippen molar-refractivity contribution in [1.82, 2.24) is 15.0 Å². The van der Waals surface area contributed by atoms with Gasteiger partial charge in [0, 0.05) is 49.2 Å². The summed E-state index contributed by atoms with van der Waals surface area (Å²) in [5, 5.41) is 6.41. The first kappa shape index (κ1) is 26.6. The Labute approximate surface area is 274 Å². The molecule has 3 aromatic heterocycles. The van der Waals surface area contributed by atoms with Crippen LogP contribution in [-0.4, -0.2) is 15.0 Å². The van der Waals surface area contributed by atoms with E-state index < -0.39 is 0 Å². The Balaban J connectivity index is 1.19. The highest BCUT2D eigenvalue weighted by Crippen LogP contribution is 2.42. The second kappa shape index (κ2) is 10.5. The molecular formula is C43H25N3O2. The SMILES string of the molecule is c1ccc(-c2nc(-c3ccccc3)nc(-c3cccc4oc5c(-c6ccc7ccc8c9ccccc9oc8c7c6)cccc5c34)n2)cc1. The molecule has 3 heterocycles. The van der Waals surface area contributed by atoms with Gasteiger partial charge in [-0.15, -0.1) is 0 Å². The summed E-state index contributed by atoms with van der Waals surface area (Å²) >= 11 is 0. The number of para-hydroxylation sites is 2. The number of aromatic nitrogens is 3. The van der Waals surface area contributed by atoms with E-state index in [4.69, 9.17) is 23.8 Å². The molecule has 10 rings (SSSR count). The molecule has 0 aliphatic rings. The first-order valence-electron chi connectivity index (χ1n) is 15.9. The van der Waals surface area contributed by atoms with E-state index in [9.17, 15) is 0 Å². The minimum atomic E-state index is 0.597. The third-order valence-electron chi connectivity index (χ3n) is 9.14. The van der Waals surface area contributed by atoms with Crippen molar-refractivity contribution in [2.24, 2.45) is 0 Å². The zero-order chi connectivity index (χ0) is 31.6. The monoisotopic (exact) mass is 615 g/mol. The quantitative estimate of drug-likeness (QED) is 0.197.